The third kappa shape index (κ3) is 3.31. The SMILES string of the molecule is CCC1COC(C)CN1Cc1cc(CNC)no1. The molecule has 1 aromatic rings. The largest absolute Gasteiger partial charge is 0.376 e. The van der Waals surface area contributed by atoms with Crippen molar-refractivity contribution in [2.45, 2.75) is 45.5 Å². The van der Waals surface area contributed by atoms with Gasteiger partial charge in [-0.2, -0.15) is 0 Å². The Hall–Kier alpha value is -0.910. The van der Waals surface area contributed by atoms with Crippen LogP contribution in [0.15, 0.2) is 10.6 Å². The number of hydrogen-bond donors (Lipinski definition) is 1. The molecular formula is C13H23N3O2. The van der Waals surface area contributed by atoms with Gasteiger partial charge in [0.15, 0.2) is 5.76 Å². The summed E-state index contributed by atoms with van der Waals surface area (Å²) in [7, 11) is 1.91. The Labute approximate surface area is 108 Å². The summed E-state index contributed by atoms with van der Waals surface area (Å²) >= 11 is 0. The molecular weight excluding hydrogens is 230 g/mol. The molecule has 18 heavy (non-hydrogen) atoms. The van der Waals surface area contributed by atoms with E-state index in [9.17, 15) is 0 Å². The highest BCUT2D eigenvalue weighted by Gasteiger charge is 2.26. The van der Waals surface area contributed by atoms with Crippen molar-refractivity contribution in [2.24, 2.45) is 0 Å². The van der Waals surface area contributed by atoms with Crippen LogP contribution in [0.5, 0.6) is 0 Å². The summed E-state index contributed by atoms with van der Waals surface area (Å²) in [6.45, 7) is 7.66. The van der Waals surface area contributed by atoms with E-state index in [1.165, 1.54) is 0 Å². The van der Waals surface area contributed by atoms with Gasteiger partial charge in [0, 0.05) is 25.2 Å². The van der Waals surface area contributed by atoms with Crippen molar-refractivity contribution < 1.29 is 9.26 Å². The lowest BCUT2D eigenvalue weighted by Crippen LogP contribution is -2.47. The first-order valence-corrected chi connectivity index (χ1v) is 6.67. The molecule has 102 valence electrons. The van der Waals surface area contributed by atoms with Crippen LogP contribution in [-0.2, 0) is 17.8 Å². The molecule has 1 fully saturated rings. The van der Waals surface area contributed by atoms with Crippen LogP contribution in [0.1, 0.15) is 31.7 Å². The highest BCUT2D eigenvalue weighted by Crippen LogP contribution is 2.18. The first-order valence-electron chi connectivity index (χ1n) is 6.67. The Bertz CT molecular complexity index is 367. The first-order chi connectivity index (χ1) is 8.72. The van der Waals surface area contributed by atoms with Crippen LogP contribution in [-0.4, -0.2) is 42.4 Å². The predicted molar refractivity (Wildman–Crippen MR) is 69.2 cm³/mol. The van der Waals surface area contributed by atoms with E-state index in [-0.39, 0.29) is 0 Å². The Morgan fingerprint density at radius 2 is 2.39 bits per heavy atom. The molecule has 5 nitrogen and oxygen atoms in total. The number of hydrogen-bond acceptors (Lipinski definition) is 5. The molecule has 0 aliphatic carbocycles. The van der Waals surface area contributed by atoms with Gasteiger partial charge in [-0.1, -0.05) is 12.1 Å². The van der Waals surface area contributed by atoms with Gasteiger partial charge in [0.05, 0.1) is 24.9 Å². The van der Waals surface area contributed by atoms with Crippen molar-refractivity contribution in [1.29, 1.82) is 0 Å². The van der Waals surface area contributed by atoms with Gasteiger partial charge >= 0.3 is 0 Å². The molecule has 0 spiro atoms. The molecule has 2 atom stereocenters. The number of rotatable bonds is 5. The van der Waals surface area contributed by atoms with Gasteiger partial charge in [0.2, 0.25) is 0 Å². The average molecular weight is 253 g/mol. The van der Waals surface area contributed by atoms with Gasteiger partial charge in [0.25, 0.3) is 0 Å². The Morgan fingerprint density at radius 1 is 1.56 bits per heavy atom. The summed E-state index contributed by atoms with van der Waals surface area (Å²) in [6.07, 6.45) is 1.40. The smallest absolute Gasteiger partial charge is 0.151 e. The molecule has 1 N–H and O–H groups in total. The Balaban J connectivity index is 1.96. The lowest BCUT2D eigenvalue weighted by Gasteiger charge is -2.37. The van der Waals surface area contributed by atoms with E-state index in [0.717, 1.165) is 44.1 Å². The number of aromatic nitrogens is 1. The maximum Gasteiger partial charge on any atom is 0.151 e. The number of morpholine rings is 1. The van der Waals surface area contributed by atoms with Crippen molar-refractivity contribution in [3.8, 4) is 0 Å². The number of nitrogens with one attached hydrogen (secondary N) is 1. The van der Waals surface area contributed by atoms with Gasteiger partial charge in [-0.15, -0.1) is 0 Å². The summed E-state index contributed by atoms with van der Waals surface area (Å²) in [5, 5.41) is 7.12. The zero-order chi connectivity index (χ0) is 13.0. The fourth-order valence-corrected chi connectivity index (χ4v) is 2.38. The lowest BCUT2D eigenvalue weighted by atomic mass is 10.1. The van der Waals surface area contributed by atoms with E-state index in [4.69, 9.17) is 9.26 Å². The van der Waals surface area contributed by atoms with E-state index in [1.807, 2.05) is 13.1 Å². The van der Waals surface area contributed by atoms with Gasteiger partial charge < -0.3 is 14.6 Å². The standard InChI is InChI=1S/C13H23N3O2/c1-4-12-9-17-10(2)7-16(12)8-13-5-11(6-14-3)15-18-13/h5,10,12,14H,4,6-9H2,1-3H3. The highest BCUT2D eigenvalue weighted by molar-refractivity contribution is 5.05. The molecule has 1 saturated heterocycles. The molecule has 0 amide bonds. The quantitative estimate of drug-likeness (QED) is 0.859. The molecule has 1 aliphatic rings. The van der Waals surface area contributed by atoms with Crippen molar-refractivity contribution in [2.75, 3.05) is 20.2 Å². The third-order valence-electron chi connectivity index (χ3n) is 3.38. The molecule has 0 aromatic carbocycles. The maximum absolute atomic E-state index is 5.70. The predicted octanol–water partition coefficient (Wildman–Crippen LogP) is 1.39. The van der Waals surface area contributed by atoms with Gasteiger partial charge in [-0.3, -0.25) is 4.90 Å². The van der Waals surface area contributed by atoms with Crippen LogP contribution < -0.4 is 5.32 Å². The number of ether oxygens (including phenoxy) is 1. The topological polar surface area (TPSA) is 50.5 Å². The van der Waals surface area contributed by atoms with Crippen LogP contribution in [0.2, 0.25) is 0 Å². The normalized spacial score (nSPS) is 25.5. The lowest BCUT2D eigenvalue weighted by molar-refractivity contribution is -0.0615. The zero-order valence-electron chi connectivity index (χ0n) is 11.5. The van der Waals surface area contributed by atoms with Gasteiger partial charge in [0.1, 0.15) is 0 Å². The molecule has 1 aromatic heterocycles. The van der Waals surface area contributed by atoms with Gasteiger partial charge in [-0.25, -0.2) is 0 Å². The minimum absolute atomic E-state index is 0.299. The van der Waals surface area contributed by atoms with E-state index >= 15 is 0 Å². The average Bonchev–Trinajstić information content (AvgIpc) is 2.77. The van der Waals surface area contributed by atoms with E-state index in [1.54, 1.807) is 0 Å². The molecule has 0 saturated carbocycles. The maximum atomic E-state index is 5.70. The second kappa shape index (κ2) is 6.31. The van der Waals surface area contributed by atoms with Crippen molar-refractivity contribution in [3.05, 3.63) is 17.5 Å². The van der Waals surface area contributed by atoms with Crippen LogP contribution in [0, 0.1) is 0 Å². The first kappa shape index (κ1) is 13.5. The van der Waals surface area contributed by atoms with Crippen molar-refractivity contribution in [1.82, 2.24) is 15.4 Å². The highest BCUT2D eigenvalue weighted by atomic mass is 16.5. The molecule has 1 aliphatic heterocycles. The summed E-state index contributed by atoms with van der Waals surface area (Å²) in [5.41, 5.74) is 0.960. The molecule has 5 heteroatoms. The fraction of sp³-hybridized carbons (Fsp3) is 0.769. The third-order valence-corrected chi connectivity index (χ3v) is 3.38. The van der Waals surface area contributed by atoms with Gasteiger partial charge in [-0.05, 0) is 20.4 Å². The summed E-state index contributed by atoms with van der Waals surface area (Å²) in [4.78, 5) is 2.43. The molecule has 0 bridgehead atoms. The zero-order valence-corrected chi connectivity index (χ0v) is 11.5. The molecule has 0 radical (unpaired) electrons. The van der Waals surface area contributed by atoms with Crippen molar-refractivity contribution in [3.63, 3.8) is 0 Å². The van der Waals surface area contributed by atoms with Crippen LogP contribution in [0.4, 0.5) is 0 Å². The second-order valence-electron chi connectivity index (χ2n) is 4.95. The molecule has 2 rings (SSSR count). The molecule has 2 heterocycles. The minimum Gasteiger partial charge on any atom is -0.376 e. The Kier molecular flexibility index (Phi) is 4.74. The van der Waals surface area contributed by atoms with E-state index in [2.05, 4.69) is 29.2 Å². The van der Waals surface area contributed by atoms with E-state index < -0.39 is 0 Å². The van der Waals surface area contributed by atoms with Crippen LogP contribution >= 0.6 is 0 Å². The second-order valence-corrected chi connectivity index (χ2v) is 4.95. The van der Waals surface area contributed by atoms with Crippen molar-refractivity contribution >= 4 is 0 Å². The molecule has 2 unspecified atom stereocenters. The summed E-state index contributed by atoms with van der Waals surface area (Å²) < 4.78 is 11.1. The Morgan fingerprint density at radius 3 is 3.11 bits per heavy atom. The van der Waals surface area contributed by atoms with Crippen LogP contribution in [0.25, 0.3) is 0 Å². The summed E-state index contributed by atoms with van der Waals surface area (Å²) in [6, 6.07) is 2.52. The monoisotopic (exact) mass is 253 g/mol. The number of nitrogens with zero attached hydrogens (tertiary/aromatic N) is 2. The summed E-state index contributed by atoms with van der Waals surface area (Å²) in [5.74, 6) is 0.938. The van der Waals surface area contributed by atoms with E-state index in [0.29, 0.717) is 12.1 Å². The fourth-order valence-electron chi connectivity index (χ4n) is 2.38. The minimum atomic E-state index is 0.299. The van der Waals surface area contributed by atoms with Crippen LogP contribution in [0.3, 0.4) is 0 Å².